The van der Waals surface area contributed by atoms with Crippen molar-refractivity contribution in [2.45, 2.75) is 58.9 Å². The van der Waals surface area contributed by atoms with Gasteiger partial charge in [-0.3, -0.25) is 9.57 Å². The molecule has 4 N–H and O–H groups in total. The van der Waals surface area contributed by atoms with Crippen molar-refractivity contribution in [3.63, 3.8) is 0 Å². The number of carbonyl (C=O) groups is 1. The summed E-state index contributed by atoms with van der Waals surface area (Å²) in [5.41, 5.74) is 4.53. The van der Waals surface area contributed by atoms with Crippen molar-refractivity contribution in [3.8, 4) is 17.0 Å². The van der Waals surface area contributed by atoms with Crippen molar-refractivity contribution in [1.82, 2.24) is 14.9 Å². The Morgan fingerprint density at radius 3 is 2.20 bits per heavy atom. The number of aromatic nitrogens is 2. The molecule has 4 rings (SSSR count). The summed E-state index contributed by atoms with van der Waals surface area (Å²) in [4.78, 5) is 23.8. The molecule has 1 aliphatic rings. The summed E-state index contributed by atoms with van der Waals surface area (Å²) in [7, 11) is 1.21. The van der Waals surface area contributed by atoms with Crippen molar-refractivity contribution in [1.29, 1.82) is 4.78 Å². The normalized spacial score (nSPS) is 15.0. The number of aromatic hydroxyl groups is 1. The lowest BCUT2D eigenvalue weighted by molar-refractivity contribution is 0.0782. The van der Waals surface area contributed by atoms with E-state index in [1.165, 1.54) is 0 Å². The van der Waals surface area contributed by atoms with Crippen LogP contribution in [-0.2, 0) is 28.1 Å². The van der Waals surface area contributed by atoms with Crippen LogP contribution >= 0.6 is 12.4 Å². The van der Waals surface area contributed by atoms with Gasteiger partial charge in [0.15, 0.2) is 0 Å². The van der Waals surface area contributed by atoms with Crippen LogP contribution in [0.4, 0.5) is 5.69 Å². The molecule has 7 nitrogen and oxygen atoms in total. The molecular formula is C31H40ClN5O2S. The van der Waals surface area contributed by atoms with E-state index in [1.807, 2.05) is 60.2 Å². The Labute approximate surface area is 246 Å². The number of rotatable bonds is 7. The quantitative estimate of drug-likeness (QED) is 0.235. The summed E-state index contributed by atoms with van der Waals surface area (Å²) in [6, 6.07) is 11.4. The molecule has 1 aromatic heterocycles. The number of hydrogen-bond acceptors (Lipinski definition) is 5. The van der Waals surface area contributed by atoms with E-state index in [0.29, 0.717) is 30.2 Å². The number of halogens is 1. The number of phenolic OH excluding ortho intramolecular Hbond substituents is 1. The van der Waals surface area contributed by atoms with Crippen molar-refractivity contribution >= 4 is 34.7 Å². The number of benzene rings is 2. The Morgan fingerprint density at radius 2 is 1.68 bits per heavy atom. The zero-order valence-corrected chi connectivity index (χ0v) is 25.9. The van der Waals surface area contributed by atoms with E-state index in [0.717, 1.165) is 33.0 Å². The second-order valence-electron chi connectivity index (χ2n) is 12.0. The predicted molar refractivity (Wildman–Crippen MR) is 168 cm³/mol. The highest BCUT2D eigenvalue weighted by Crippen LogP contribution is 2.41. The first-order valence-electron chi connectivity index (χ1n) is 13.1. The minimum Gasteiger partial charge on any atom is -0.507 e. The van der Waals surface area contributed by atoms with E-state index < -0.39 is 10.7 Å². The predicted octanol–water partition coefficient (Wildman–Crippen LogP) is 7.28. The first-order valence-corrected chi connectivity index (χ1v) is 14.4. The third-order valence-electron chi connectivity index (χ3n) is 6.76. The second-order valence-corrected chi connectivity index (χ2v) is 13.5. The molecule has 0 radical (unpaired) electrons. The Morgan fingerprint density at radius 1 is 1.07 bits per heavy atom. The number of nitrogens with zero attached hydrogens (tertiary/aromatic N) is 2. The summed E-state index contributed by atoms with van der Waals surface area (Å²) in [5.74, 6) is 0.935. The molecule has 2 aromatic carbocycles. The van der Waals surface area contributed by atoms with Crippen LogP contribution in [0.5, 0.6) is 5.75 Å². The van der Waals surface area contributed by atoms with E-state index in [4.69, 9.17) is 9.76 Å². The zero-order chi connectivity index (χ0) is 28.5. The maximum absolute atomic E-state index is 13.1. The number of anilines is 1. The molecular weight excluding hydrogens is 542 g/mol. The van der Waals surface area contributed by atoms with Crippen molar-refractivity contribution in [2.24, 2.45) is 0 Å². The summed E-state index contributed by atoms with van der Waals surface area (Å²) in [6.07, 6.45) is 5.75. The highest BCUT2D eigenvalue weighted by Gasteiger charge is 2.27. The molecule has 214 valence electrons. The van der Waals surface area contributed by atoms with Gasteiger partial charge in [0, 0.05) is 52.6 Å². The van der Waals surface area contributed by atoms with Gasteiger partial charge in [-0.1, -0.05) is 58.3 Å². The number of nitrogens with one attached hydrogen (secondary N) is 3. The molecule has 0 aliphatic carbocycles. The van der Waals surface area contributed by atoms with E-state index in [1.54, 1.807) is 11.9 Å². The van der Waals surface area contributed by atoms with Gasteiger partial charge in [-0.15, -0.1) is 12.4 Å². The van der Waals surface area contributed by atoms with Gasteiger partial charge in [0.1, 0.15) is 11.6 Å². The number of amides is 1. The van der Waals surface area contributed by atoms with Gasteiger partial charge in [0.2, 0.25) is 0 Å². The lowest BCUT2D eigenvalue weighted by atomic mass is 9.78. The monoisotopic (exact) mass is 581 g/mol. The lowest BCUT2D eigenvalue weighted by Gasteiger charge is -2.28. The van der Waals surface area contributed by atoms with Gasteiger partial charge < -0.3 is 20.3 Å². The molecule has 1 atom stereocenters. The van der Waals surface area contributed by atoms with Gasteiger partial charge in [0.25, 0.3) is 5.91 Å². The number of H-pyrrole nitrogens is 1. The molecule has 0 spiro atoms. The minimum absolute atomic E-state index is 0. The molecule has 3 aromatic rings. The molecule has 0 bridgehead atoms. The van der Waals surface area contributed by atoms with Crippen LogP contribution in [0.1, 0.15) is 68.9 Å². The summed E-state index contributed by atoms with van der Waals surface area (Å²) < 4.78 is 7.98. The number of imidazole rings is 1. The summed E-state index contributed by atoms with van der Waals surface area (Å²) in [6.45, 7) is 13.5. The molecule has 1 amide bonds. The Kier molecular flexibility index (Phi) is 9.37. The SMILES string of the molecule is CN(Cc1nc(-c2cc(C(C)(C)C)c(O)c(C(C)(C)C)c2)c[nH]1)C(=O)c1ccc(NCC2=CC=CS2=N)cc1.Cl. The summed E-state index contributed by atoms with van der Waals surface area (Å²) >= 11 is 0. The van der Waals surface area contributed by atoms with E-state index in [2.05, 4.69) is 51.8 Å². The van der Waals surface area contributed by atoms with Crippen LogP contribution in [-0.4, -0.2) is 39.5 Å². The van der Waals surface area contributed by atoms with Gasteiger partial charge in [-0.05, 0) is 58.7 Å². The Bertz CT molecular complexity index is 1430. The van der Waals surface area contributed by atoms with Crippen LogP contribution in [0.2, 0.25) is 0 Å². The first kappa shape index (κ1) is 31.2. The van der Waals surface area contributed by atoms with E-state index in [-0.39, 0.29) is 29.1 Å². The van der Waals surface area contributed by atoms with Crippen molar-refractivity contribution < 1.29 is 9.90 Å². The van der Waals surface area contributed by atoms with Gasteiger partial charge >= 0.3 is 0 Å². The molecule has 0 saturated carbocycles. The second kappa shape index (κ2) is 12.0. The smallest absolute Gasteiger partial charge is 0.254 e. The van der Waals surface area contributed by atoms with Crippen LogP contribution in [0.15, 0.2) is 65.1 Å². The number of carbonyl (C=O) groups excluding carboxylic acids is 1. The number of hydrogen-bond donors (Lipinski definition) is 4. The van der Waals surface area contributed by atoms with Gasteiger partial charge in [-0.2, -0.15) is 0 Å². The molecule has 0 saturated heterocycles. The molecule has 40 heavy (non-hydrogen) atoms. The van der Waals surface area contributed by atoms with Crippen molar-refractivity contribution in [3.05, 3.63) is 87.6 Å². The Balaban J connectivity index is 0.00000441. The van der Waals surface area contributed by atoms with E-state index >= 15 is 0 Å². The average Bonchev–Trinajstić information content (AvgIpc) is 3.50. The lowest BCUT2D eigenvalue weighted by Crippen LogP contribution is -2.26. The van der Waals surface area contributed by atoms with Gasteiger partial charge in [0.05, 0.1) is 12.2 Å². The largest absolute Gasteiger partial charge is 0.507 e. The fourth-order valence-electron chi connectivity index (χ4n) is 4.48. The Hall–Kier alpha value is -3.36. The third kappa shape index (κ3) is 7.04. The molecule has 1 aliphatic heterocycles. The average molecular weight is 582 g/mol. The maximum atomic E-state index is 13.1. The maximum Gasteiger partial charge on any atom is 0.254 e. The van der Waals surface area contributed by atoms with Gasteiger partial charge in [-0.25, -0.2) is 4.98 Å². The molecule has 2 heterocycles. The number of allylic oxidation sites excluding steroid dienone is 2. The van der Waals surface area contributed by atoms with Crippen molar-refractivity contribution in [2.75, 3.05) is 18.9 Å². The number of phenols is 1. The molecule has 9 heteroatoms. The first-order chi connectivity index (χ1) is 18.2. The highest BCUT2D eigenvalue weighted by atomic mass is 35.5. The number of aromatic amines is 1. The third-order valence-corrected chi connectivity index (χ3v) is 8.04. The van der Waals surface area contributed by atoms with Crippen LogP contribution in [0, 0.1) is 4.78 Å². The zero-order valence-electron chi connectivity index (χ0n) is 24.3. The molecule has 1 unspecified atom stereocenters. The topological polar surface area (TPSA) is 105 Å². The van der Waals surface area contributed by atoms with Crippen LogP contribution in [0.25, 0.3) is 11.3 Å². The highest BCUT2D eigenvalue weighted by molar-refractivity contribution is 7.93. The van der Waals surface area contributed by atoms with Crippen LogP contribution in [0.3, 0.4) is 0 Å². The fourth-order valence-corrected chi connectivity index (χ4v) is 5.34. The minimum atomic E-state index is -0.557. The van der Waals surface area contributed by atoms with Crippen LogP contribution < -0.4 is 5.32 Å². The fraction of sp³-hybridized carbons (Fsp3) is 0.355. The molecule has 0 fully saturated rings. The standard InChI is InChI=1S/C31H39N5O2S.ClH/c1-30(2,3)24-15-21(16-25(28(24)37)31(4,5)6)26-18-34-27(35-26)19-36(7)29(38)20-10-12-22(13-11-20)33-17-23-9-8-14-39(23)32;/h8-16,18,32-33,37H,17,19H2,1-7H3,(H,34,35);1H. The summed E-state index contributed by atoms with van der Waals surface area (Å²) in [5, 5.41) is 16.2. The van der Waals surface area contributed by atoms with E-state index in [9.17, 15) is 9.90 Å².